The molecule has 0 bridgehead atoms. The summed E-state index contributed by atoms with van der Waals surface area (Å²) in [7, 11) is 0. The maximum absolute atomic E-state index is 12.1. The number of carbonyl (C=O) groups is 2. The number of aromatic nitrogens is 2. The fraction of sp³-hybridized carbons (Fsp3) is 0.267. The lowest BCUT2D eigenvalue weighted by Crippen LogP contribution is -2.24. The Hall–Kier alpha value is -2.63. The summed E-state index contributed by atoms with van der Waals surface area (Å²) in [4.78, 5) is 23.5. The van der Waals surface area contributed by atoms with Crippen molar-refractivity contribution in [2.75, 3.05) is 10.6 Å². The van der Waals surface area contributed by atoms with Gasteiger partial charge in [0, 0.05) is 30.2 Å². The molecule has 0 aliphatic carbocycles. The van der Waals surface area contributed by atoms with Crippen LogP contribution in [-0.2, 0) is 9.59 Å². The highest BCUT2D eigenvalue weighted by atomic mass is 16.2. The average molecular weight is 286 g/mol. The lowest BCUT2D eigenvalue weighted by Gasteiger charge is -2.13. The molecular weight excluding hydrogens is 268 g/mol. The zero-order valence-electron chi connectivity index (χ0n) is 12.0. The van der Waals surface area contributed by atoms with E-state index in [1.165, 1.54) is 0 Å². The largest absolute Gasteiger partial charge is 0.326 e. The Morgan fingerprint density at radius 1 is 1.24 bits per heavy atom. The van der Waals surface area contributed by atoms with Gasteiger partial charge in [0.1, 0.15) is 6.04 Å². The molecule has 2 amide bonds. The van der Waals surface area contributed by atoms with Gasteiger partial charge in [-0.25, -0.2) is 0 Å². The van der Waals surface area contributed by atoms with Gasteiger partial charge in [0.05, 0.1) is 0 Å². The van der Waals surface area contributed by atoms with Gasteiger partial charge in [0.2, 0.25) is 11.8 Å². The van der Waals surface area contributed by atoms with Crippen LogP contribution in [0.15, 0.2) is 42.7 Å². The van der Waals surface area contributed by atoms with E-state index in [4.69, 9.17) is 0 Å². The molecule has 2 N–H and O–H groups in total. The van der Waals surface area contributed by atoms with E-state index >= 15 is 0 Å². The topological polar surface area (TPSA) is 76.0 Å². The molecule has 0 aliphatic rings. The molecular formula is C15H18N4O2. The number of nitrogens with zero attached hydrogens (tertiary/aromatic N) is 2. The maximum Gasteiger partial charge on any atom is 0.248 e. The Bertz CT molecular complexity index is 622. The summed E-state index contributed by atoms with van der Waals surface area (Å²) >= 11 is 0. The summed E-state index contributed by atoms with van der Waals surface area (Å²) in [6.07, 6.45) is 3.78. The average Bonchev–Trinajstić information content (AvgIpc) is 3.00. The van der Waals surface area contributed by atoms with Crippen LogP contribution in [0, 0.1) is 0 Å². The smallest absolute Gasteiger partial charge is 0.248 e. The number of rotatable bonds is 5. The van der Waals surface area contributed by atoms with Crippen LogP contribution in [0.5, 0.6) is 0 Å². The second-order valence-corrected chi connectivity index (χ2v) is 4.63. The summed E-state index contributed by atoms with van der Waals surface area (Å²) in [6, 6.07) is 8.41. The van der Waals surface area contributed by atoms with Crippen LogP contribution in [0.1, 0.15) is 26.3 Å². The van der Waals surface area contributed by atoms with Crippen LogP contribution < -0.4 is 10.6 Å². The Morgan fingerprint density at radius 2 is 1.95 bits per heavy atom. The summed E-state index contributed by atoms with van der Waals surface area (Å²) in [5.41, 5.74) is 1.29. The molecule has 2 rings (SSSR count). The van der Waals surface area contributed by atoms with E-state index in [0.717, 1.165) is 0 Å². The molecule has 1 heterocycles. The molecule has 0 saturated heterocycles. The minimum Gasteiger partial charge on any atom is -0.326 e. The number of hydrogen-bond acceptors (Lipinski definition) is 3. The number of carbonyl (C=O) groups excluding carboxylic acids is 2. The molecule has 6 heteroatoms. The lowest BCUT2D eigenvalue weighted by atomic mass is 10.2. The van der Waals surface area contributed by atoms with E-state index in [1.54, 1.807) is 61.3 Å². The van der Waals surface area contributed by atoms with Gasteiger partial charge in [0.25, 0.3) is 0 Å². The first-order valence-electron chi connectivity index (χ1n) is 6.80. The number of hydrogen-bond donors (Lipinski definition) is 2. The third kappa shape index (κ3) is 3.92. The van der Waals surface area contributed by atoms with E-state index < -0.39 is 6.04 Å². The van der Waals surface area contributed by atoms with Gasteiger partial charge in [-0.15, -0.1) is 0 Å². The van der Waals surface area contributed by atoms with Crippen molar-refractivity contribution >= 4 is 23.2 Å². The maximum atomic E-state index is 12.1. The zero-order valence-corrected chi connectivity index (χ0v) is 12.0. The predicted molar refractivity (Wildman–Crippen MR) is 80.9 cm³/mol. The highest BCUT2D eigenvalue weighted by Crippen LogP contribution is 2.17. The normalized spacial score (nSPS) is 11.7. The molecule has 0 radical (unpaired) electrons. The minimum absolute atomic E-state index is 0.0663. The molecule has 0 aliphatic heterocycles. The van der Waals surface area contributed by atoms with Crippen molar-refractivity contribution in [1.82, 2.24) is 9.78 Å². The van der Waals surface area contributed by atoms with Gasteiger partial charge in [0.15, 0.2) is 0 Å². The van der Waals surface area contributed by atoms with Crippen LogP contribution in [0.2, 0.25) is 0 Å². The first kappa shape index (κ1) is 14.8. The first-order valence-corrected chi connectivity index (χ1v) is 6.80. The molecule has 6 nitrogen and oxygen atoms in total. The quantitative estimate of drug-likeness (QED) is 0.886. The molecule has 1 aromatic heterocycles. The Morgan fingerprint density at radius 3 is 2.57 bits per heavy atom. The van der Waals surface area contributed by atoms with Crippen molar-refractivity contribution < 1.29 is 9.59 Å². The molecule has 1 unspecified atom stereocenters. The molecule has 1 aromatic carbocycles. The second-order valence-electron chi connectivity index (χ2n) is 4.63. The molecule has 0 spiro atoms. The van der Waals surface area contributed by atoms with Gasteiger partial charge in [-0.3, -0.25) is 14.3 Å². The van der Waals surface area contributed by atoms with E-state index in [1.807, 2.05) is 0 Å². The summed E-state index contributed by atoms with van der Waals surface area (Å²) in [5, 5.41) is 9.61. The van der Waals surface area contributed by atoms with E-state index in [9.17, 15) is 9.59 Å². The van der Waals surface area contributed by atoms with E-state index in [-0.39, 0.29) is 11.8 Å². The van der Waals surface area contributed by atoms with Crippen molar-refractivity contribution in [2.45, 2.75) is 26.3 Å². The second kappa shape index (κ2) is 6.69. The zero-order chi connectivity index (χ0) is 15.2. The predicted octanol–water partition coefficient (Wildman–Crippen LogP) is 2.43. The number of amides is 2. The van der Waals surface area contributed by atoms with E-state index in [0.29, 0.717) is 17.8 Å². The van der Waals surface area contributed by atoms with Crippen LogP contribution in [0.3, 0.4) is 0 Å². The first-order chi connectivity index (χ1) is 10.1. The lowest BCUT2D eigenvalue weighted by molar-refractivity contribution is -0.119. The van der Waals surface area contributed by atoms with Gasteiger partial charge < -0.3 is 10.6 Å². The Balaban J connectivity index is 2.04. The molecule has 2 aromatic rings. The highest BCUT2D eigenvalue weighted by Gasteiger charge is 2.15. The molecule has 0 fully saturated rings. The van der Waals surface area contributed by atoms with Crippen molar-refractivity contribution in [3.05, 3.63) is 42.7 Å². The van der Waals surface area contributed by atoms with Crippen LogP contribution in [0.25, 0.3) is 0 Å². The number of anilines is 2. The summed E-state index contributed by atoms with van der Waals surface area (Å²) < 4.78 is 1.58. The van der Waals surface area contributed by atoms with Gasteiger partial charge in [-0.1, -0.05) is 13.0 Å². The third-order valence-corrected chi connectivity index (χ3v) is 3.04. The SMILES string of the molecule is CCC(=O)Nc1cccc(NC(=O)C(C)n2cccn2)c1. The molecule has 110 valence electrons. The minimum atomic E-state index is -0.408. The molecule has 0 saturated carbocycles. The van der Waals surface area contributed by atoms with Crippen LogP contribution in [0.4, 0.5) is 11.4 Å². The highest BCUT2D eigenvalue weighted by molar-refractivity contribution is 5.95. The monoisotopic (exact) mass is 286 g/mol. The Labute approximate surface area is 123 Å². The Kier molecular flexibility index (Phi) is 4.71. The van der Waals surface area contributed by atoms with Gasteiger partial charge >= 0.3 is 0 Å². The van der Waals surface area contributed by atoms with Crippen LogP contribution >= 0.6 is 0 Å². The number of nitrogens with one attached hydrogen (secondary N) is 2. The summed E-state index contributed by atoms with van der Waals surface area (Å²) in [5.74, 6) is -0.235. The fourth-order valence-corrected chi connectivity index (χ4v) is 1.80. The summed E-state index contributed by atoms with van der Waals surface area (Å²) in [6.45, 7) is 3.55. The fourth-order valence-electron chi connectivity index (χ4n) is 1.80. The van der Waals surface area contributed by atoms with Crippen molar-refractivity contribution in [3.8, 4) is 0 Å². The van der Waals surface area contributed by atoms with Crippen LogP contribution in [-0.4, -0.2) is 21.6 Å². The third-order valence-electron chi connectivity index (χ3n) is 3.04. The van der Waals surface area contributed by atoms with Crippen molar-refractivity contribution in [1.29, 1.82) is 0 Å². The van der Waals surface area contributed by atoms with E-state index in [2.05, 4.69) is 15.7 Å². The van der Waals surface area contributed by atoms with Crippen molar-refractivity contribution in [3.63, 3.8) is 0 Å². The number of benzene rings is 1. The molecule has 21 heavy (non-hydrogen) atoms. The van der Waals surface area contributed by atoms with Gasteiger partial charge in [-0.2, -0.15) is 5.10 Å². The van der Waals surface area contributed by atoms with Crippen molar-refractivity contribution in [2.24, 2.45) is 0 Å². The molecule has 1 atom stereocenters. The van der Waals surface area contributed by atoms with Gasteiger partial charge in [-0.05, 0) is 31.2 Å². The standard InChI is InChI=1S/C15H18N4O2/c1-3-14(20)17-12-6-4-7-13(10-12)18-15(21)11(2)19-9-5-8-16-19/h4-11H,3H2,1-2H3,(H,17,20)(H,18,21).